The van der Waals surface area contributed by atoms with Crippen molar-refractivity contribution in [1.82, 2.24) is 15.1 Å². The molecule has 1 aliphatic heterocycles. The van der Waals surface area contributed by atoms with E-state index in [1.54, 1.807) is 4.90 Å². The van der Waals surface area contributed by atoms with Crippen molar-refractivity contribution in [3.05, 3.63) is 36.1 Å². The van der Waals surface area contributed by atoms with Gasteiger partial charge >= 0.3 is 6.03 Å². The second-order valence-corrected chi connectivity index (χ2v) is 7.89. The molecule has 2 amide bonds. The monoisotopic (exact) mass is 357 g/mol. The van der Waals surface area contributed by atoms with Crippen molar-refractivity contribution in [3.8, 4) is 0 Å². The lowest BCUT2D eigenvalue weighted by atomic mass is 10.0. The summed E-state index contributed by atoms with van der Waals surface area (Å²) < 4.78 is 5.91. The molecule has 0 bridgehead atoms. The van der Waals surface area contributed by atoms with E-state index in [1.165, 1.54) is 0 Å². The van der Waals surface area contributed by atoms with Gasteiger partial charge in [0.2, 0.25) is 0 Å². The van der Waals surface area contributed by atoms with E-state index in [0.29, 0.717) is 5.92 Å². The molecule has 5 heteroatoms. The molecule has 0 aliphatic carbocycles. The normalized spacial score (nSPS) is 17.6. The van der Waals surface area contributed by atoms with Gasteiger partial charge in [-0.2, -0.15) is 0 Å². The average molecular weight is 357 g/mol. The summed E-state index contributed by atoms with van der Waals surface area (Å²) in [5.74, 6) is 1.51. The number of hydrogen-bond donors (Lipinski definition) is 1. The van der Waals surface area contributed by atoms with Crippen LogP contribution in [-0.2, 0) is 0 Å². The van der Waals surface area contributed by atoms with E-state index < -0.39 is 0 Å². The minimum atomic E-state index is -0.108. The maximum Gasteiger partial charge on any atom is 0.317 e. The highest BCUT2D eigenvalue weighted by atomic mass is 16.3. The summed E-state index contributed by atoms with van der Waals surface area (Å²) in [5, 5.41) is 4.27. The molecule has 1 saturated heterocycles. The van der Waals surface area contributed by atoms with E-state index in [-0.39, 0.29) is 18.1 Å². The van der Waals surface area contributed by atoms with Gasteiger partial charge in [-0.15, -0.1) is 0 Å². The molecule has 5 nitrogen and oxygen atoms in total. The number of fused-ring (bicyclic) bond motifs is 1. The number of amides is 2. The number of nitrogens with one attached hydrogen (secondary N) is 1. The van der Waals surface area contributed by atoms with Crippen molar-refractivity contribution >= 4 is 17.0 Å². The first kappa shape index (κ1) is 18.8. The van der Waals surface area contributed by atoms with Crippen LogP contribution in [0.1, 0.15) is 45.4 Å². The van der Waals surface area contributed by atoms with Gasteiger partial charge in [-0.05, 0) is 37.8 Å². The molecule has 26 heavy (non-hydrogen) atoms. The highest BCUT2D eigenvalue weighted by molar-refractivity contribution is 5.78. The lowest BCUT2D eigenvalue weighted by Crippen LogP contribution is -2.49. The SMILES string of the molecule is CC(C)CN1CCC(NC(=O)N(C)[C@@H](C)c2cc3ccccc3o2)CC1. The van der Waals surface area contributed by atoms with Crippen molar-refractivity contribution in [2.24, 2.45) is 5.92 Å². The summed E-state index contributed by atoms with van der Waals surface area (Å²) in [5.41, 5.74) is 0.862. The molecule has 0 saturated carbocycles. The van der Waals surface area contributed by atoms with Gasteiger partial charge in [-0.1, -0.05) is 32.0 Å². The van der Waals surface area contributed by atoms with Crippen LogP contribution in [0.2, 0.25) is 0 Å². The number of rotatable bonds is 5. The summed E-state index contributed by atoms with van der Waals surface area (Å²) in [6.07, 6.45) is 2.04. The number of nitrogens with zero attached hydrogens (tertiary/aromatic N) is 2. The molecule has 0 unspecified atom stereocenters. The zero-order valence-electron chi connectivity index (χ0n) is 16.4. The first-order valence-electron chi connectivity index (χ1n) is 9.68. The number of hydrogen-bond acceptors (Lipinski definition) is 3. The highest BCUT2D eigenvalue weighted by Gasteiger charge is 2.25. The Morgan fingerprint density at radius 3 is 2.62 bits per heavy atom. The Labute approximate surface area is 156 Å². The highest BCUT2D eigenvalue weighted by Crippen LogP contribution is 2.26. The number of carbonyl (C=O) groups excluding carboxylic acids is 1. The molecule has 3 rings (SSSR count). The van der Waals surface area contributed by atoms with E-state index in [2.05, 4.69) is 24.1 Å². The van der Waals surface area contributed by atoms with Gasteiger partial charge in [0, 0.05) is 38.1 Å². The second kappa shape index (κ2) is 8.12. The Balaban J connectivity index is 1.54. The number of carbonyl (C=O) groups is 1. The Bertz CT molecular complexity index is 699. The number of furan rings is 1. The molecule has 0 spiro atoms. The third-order valence-corrected chi connectivity index (χ3v) is 5.30. The molecule has 1 fully saturated rings. The molecule has 1 aliphatic rings. The van der Waals surface area contributed by atoms with Gasteiger partial charge in [0.1, 0.15) is 11.3 Å². The zero-order valence-corrected chi connectivity index (χ0v) is 16.4. The summed E-state index contributed by atoms with van der Waals surface area (Å²) >= 11 is 0. The fraction of sp³-hybridized carbons (Fsp3) is 0.571. The van der Waals surface area contributed by atoms with Gasteiger partial charge in [0.15, 0.2) is 0 Å². The smallest absolute Gasteiger partial charge is 0.317 e. The van der Waals surface area contributed by atoms with Gasteiger partial charge in [-0.25, -0.2) is 4.79 Å². The standard InChI is InChI=1S/C21H31N3O2/c1-15(2)14-24-11-9-18(10-12-24)22-21(25)23(4)16(3)20-13-17-7-5-6-8-19(17)26-20/h5-8,13,15-16,18H,9-12,14H2,1-4H3,(H,22,25)/t16-/m0/s1. The number of likely N-dealkylation sites (tertiary alicyclic amines) is 1. The van der Waals surface area contributed by atoms with E-state index in [9.17, 15) is 4.79 Å². The topological polar surface area (TPSA) is 48.7 Å². The fourth-order valence-corrected chi connectivity index (χ4v) is 3.63. The van der Waals surface area contributed by atoms with Crippen molar-refractivity contribution in [2.45, 2.75) is 45.7 Å². The summed E-state index contributed by atoms with van der Waals surface area (Å²) in [6, 6.07) is 10.1. The van der Waals surface area contributed by atoms with Gasteiger partial charge in [0.25, 0.3) is 0 Å². The maximum absolute atomic E-state index is 12.7. The van der Waals surface area contributed by atoms with Crippen LogP contribution in [0, 0.1) is 5.92 Å². The molecule has 1 aromatic heterocycles. The predicted octanol–water partition coefficient (Wildman–Crippen LogP) is 4.26. The molecule has 2 aromatic rings. The van der Waals surface area contributed by atoms with Gasteiger partial charge in [0.05, 0.1) is 6.04 Å². The van der Waals surface area contributed by atoms with E-state index in [4.69, 9.17) is 4.42 Å². The van der Waals surface area contributed by atoms with Crippen LogP contribution < -0.4 is 5.32 Å². The lowest BCUT2D eigenvalue weighted by Gasteiger charge is -2.34. The van der Waals surface area contributed by atoms with Crippen LogP contribution >= 0.6 is 0 Å². The minimum Gasteiger partial charge on any atom is -0.459 e. The largest absolute Gasteiger partial charge is 0.459 e. The third kappa shape index (κ3) is 4.39. The summed E-state index contributed by atoms with van der Waals surface area (Å²) in [6.45, 7) is 9.77. The maximum atomic E-state index is 12.7. The van der Waals surface area contributed by atoms with Crippen LogP contribution in [0.3, 0.4) is 0 Å². The van der Waals surface area contributed by atoms with Gasteiger partial charge < -0.3 is 19.5 Å². The predicted molar refractivity (Wildman–Crippen MR) is 105 cm³/mol. The lowest BCUT2D eigenvalue weighted by molar-refractivity contribution is 0.159. The van der Waals surface area contributed by atoms with E-state index in [1.807, 2.05) is 44.3 Å². The van der Waals surface area contributed by atoms with Crippen LogP contribution in [-0.4, -0.2) is 48.6 Å². The Hall–Kier alpha value is -2.01. The Morgan fingerprint density at radius 1 is 1.27 bits per heavy atom. The molecule has 1 aromatic carbocycles. The Morgan fingerprint density at radius 2 is 1.96 bits per heavy atom. The summed E-state index contributed by atoms with van der Waals surface area (Å²) in [4.78, 5) is 16.9. The first-order valence-corrected chi connectivity index (χ1v) is 9.68. The van der Waals surface area contributed by atoms with Gasteiger partial charge in [-0.3, -0.25) is 0 Å². The quantitative estimate of drug-likeness (QED) is 0.870. The molecule has 1 atom stereocenters. The average Bonchev–Trinajstić information content (AvgIpc) is 3.05. The van der Waals surface area contributed by atoms with E-state index in [0.717, 1.165) is 49.2 Å². The van der Waals surface area contributed by atoms with Crippen LogP contribution in [0.4, 0.5) is 4.79 Å². The molecule has 2 heterocycles. The molecular formula is C21H31N3O2. The van der Waals surface area contributed by atoms with E-state index >= 15 is 0 Å². The Kier molecular flexibility index (Phi) is 5.87. The van der Waals surface area contributed by atoms with Crippen molar-refractivity contribution < 1.29 is 9.21 Å². The van der Waals surface area contributed by atoms with Crippen LogP contribution in [0.25, 0.3) is 11.0 Å². The second-order valence-electron chi connectivity index (χ2n) is 7.89. The van der Waals surface area contributed by atoms with Crippen molar-refractivity contribution in [1.29, 1.82) is 0 Å². The van der Waals surface area contributed by atoms with Crippen LogP contribution in [0.5, 0.6) is 0 Å². The number of piperidine rings is 1. The van der Waals surface area contributed by atoms with Crippen molar-refractivity contribution in [3.63, 3.8) is 0 Å². The molecular weight excluding hydrogens is 326 g/mol. The fourth-order valence-electron chi connectivity index (χ4n) is 3.63. The third-order valence-electron chi connectivity index (χ3n) is 5.30. The minimum absolute atomic E-state index is 0.0275. The molecule has 142 valence electrons. The zero-order chi connectivity index (χ0) is 18.7. The number of urea groups is 1. The summed E-state index contributed by atoms with van der Waals surface area (Å²) in [7, 11) is 1.83. The molecule has 1 N–H and O–H groups in total. The van der Waals surface area contributed by atoms with Crippen LogP contribution in [0.15, 0.2) is 34.7 Å². The molecule has 0 radical (unpaired) electrons. The number of benzene rings is 1. The van der Waals surface area contributed by atoms with Crippen molar-refractivity contribution in [2.75, 3.05) is 26.7 Å². The number of para-hydroxylation sites is 1. The first-order chi connectivity index (χ1) is 12.4.